The first-order valence-corrected chi connectivity index (χ1v) is 8.77. The molecule has 0 fully saturated rings. The van der Waals surface area contributed by atoms with Crippen LogP contribution in [-0.4, -0.2) is 34.8 Å². The molecule has 0 amide bonds. The number of hydrogen-bond donors (Lipinski definition) is 1. The molecule has 0 unspecified atom stereocenters. The third-order valence-corrected chi connectivity index (χ3v) is 4.80. The van der Waals surface area contributed by atoms with Crippen molar-refractivity contribution >= 4 is 60.5 Å². The van der Waals surface area contributed by atoms with Gasteiger partial charge in [0.25, 0.3) is 0 Å². The van der Waals surface area contributed by atoms with Crippen LogP contribution in [0.3, 0.4) is 0 Å². The van der Waals surface area contributed by atoms with Crippen LogP contribution < -0.4 is 0 Å². The second kappa shape index (κ2) is 9.56. The zero-order valence-corrected chi connectivity index (χ0v) is 15.3. The van der Waals surface area contributed by atoms with Gasteiger partial charge in [-0.15, -0.1) is 22.7 Å². The van der Waals surface area contributed by atoms with Crippen LogP contribution in [0.25, 0.3) is 0 Å². The van der Waals surface area contributed by atoms with E-state index in [1.807, 2.05) is 10.8 Å². The average molecular weight is 444 g/mol. The standard InChI is InChI=1S/C6H6BrNO2S.C5H6BrNOS/c1-10-5(9)2-4-3-11-6(7)8-4;6-5-7-4(1-2-8)3-9-5/h3H,2H2,1H3;3,8H,1-2H2. The Balaban J connectivity index is 0.000000204. The quantitative estimate of drug-likeness (QED) is 0.735. The summed E-state index contributed by atoms with van der Waals surface area (Å²) < 4.78 is 6.14. The minimum Gasteiger partial charge on any atom is -0.469 e. The Labute approximate surface area is 141 Å². The van der Waals surface area contributed by atoms with Crippen molar-refractivity contribution in [3.8, 4) is 0 Å². The van der Waals surface area contributed by atoms with Crippen LogP contribution in [0, 0.1) is 0 Å². The molecule has 0 saturated heterocycles. The average Bonchev–Trinajstić information content (AvgIpc) is 3.00. The van der Waals surface area contributed by atoms with Gasteiger partial charge >= 0.3 is 5.97 Å². The molecular formula is C11H12Br2N2O3S2. The summed E-state index contributed by atoms with van der Waals surface area (Å²) in [5, 5.41) is 12.2. The molecule has 2 aromatic rings. The maximum absolute atomic E-state index is 10.7. The molecule has 20 heavy (non-hydrogen) atoms. The Hall–Kier alpha value is -0.350. The van der Waals surface area contributed by atoms with Gasteiger partial charge < -0.3 is 9.84 Å². The maximum atomic E-state index is 10.7. The molecule has 0 saturated carbocycles. The number of methoxy groups -OCH3 is 1. The summed E-state index contributed by atoms with van der Waals surface area (Å²) in [7, 11) is 1.36. The zero-order chi connectivity index (χ0) is 15.0. The molecule has 0 aliphatic heterocycles. The summed E-state index contributed by atoms with van der Waals surface area (Å²) in [6.07, 6.45) is 0.903. The van der Waals surface area contributed by atoms with Crippen LogP contribution >= 0.6 is 54.5 Å². The Morgan fingerprint density at radius 3 is 2.20 bits per heavy atom. The minimum atomic E-state index is -0.261. The predicted molar refractivity (Wildman–Crippen MR) is 86.1 cm³/mol. The number of esters is 1. The van der Waals surface area contributed by atoms with Crippen molar-refractivity contribution in [2.24, 2.45) is 0 Å². The van der Waals surface area contributed by atoms with Crippen molar-refractivity contribution in [1.29, 1.82) is 0 Å². The van der Waals surface area contributed by atoms with Crippen molar-refractivity contribution in [1.82, 2.24) is 9.97 Å². The largest absolute Gasteiger partial charge is 0.469 e. The molecule has 0 aliphatic carbocycles. The summed E-state index contributed by atoms with van der Waals surface area (Å²) in [6.45, 7) is 0.177. The van der Waals surface area contributed by atoms with Gasteiger partial charge in [-0.2, -0.15) is 0 Å². The number of hydrogen-bond acceptors (Lipinski definition) is 7. The first-order chi connectivity index (χ1) is 9.55. The van der Waals surface area contributed by atoms with Gasteiger partial charge in [0.2, 0.25) is 0 Å². The molecule has 0 spiro atoms. The highest BCUT2D eigenvalue weighted by Crippen LogP contribution is 2.16. The topological polar surface area (TPSA) is 72.3 Å². The number of carbonyl (C=O) groups excluding carboxylic acids is 1. The van der Waals surface area contributed by atoms with E-state index in [1.54, 1.807) is 0 Å². The first-order valence-electron chi connectivity index (χ1n) is 5.42. The lowest BCUT2D eigenvalue weighted by Crippen LogP contribution is -2.04. The van der Waals surface area contributed by atoms with E-state index < -0.39 is 0 Å². The van der Waals surface area contributed by atoms with Crippen LogP contribution in [0.5, 0.6) is 0 Å². The maximum Gasteiger partial charge on any atom is 0.311 e. The molecule has 2 heterocycles. The number of aliphatic hydroxyl groups is 1. The van der Waals surface area contributed by atoms with Crippen LogP contribution in [0.4, 0.5) is 0 Å². The van der Waals surface area contributed by atoms with Gasteiger partial charge in [-0.25, -0.2) is 9.97 Å². The van der Waals surface area contributed by atoms with Crippen molar-refractivity contribution in [2.75, 3.05) is 13.7 Å². The Kier molecular flexibility index (Phi) is 8.46. The monoisotopic (exact) mass is 442 g/mol. The number of aromatic nitrogens is 2. The highest BCUT2D eigenvalue weighted by Gasteiger charge is 2.05. The lowest BCUT2D eigenvalue weighted by Gasteiger charge is -1.92. The molecule has 0 radical (unpaired) electrons. The highest BCUT2D eigenvalue weighted by molar-refractivity contribution is 9.11. The number of thiazole rings is 2. The second-order valence-corrected chi connectivity index (χ2v) is 7.68. The van der Waals surface area contributed by atoms with Crippen molar-refractivity contribution in [2.45, 2.75) is 12.8 Å². The fraction of sp³-hybridized carbons (Fsp3) is 0.364. The summed E-state index contributed by atoms with van der Waals surface area (Å²) in [5.74, 6) is -0.261. The summed E-state index contributed by atoms with van der Waals surface area (Å²) >= 11 is 9.42. The van der Waals surface area contributed by atoms with E-state index in [0.717, 1.165) is 19.2 Å². The number of halogens is 2. The second-order valence-electron chi connectivity index (χ2n) is 3.41. The van der Waals surface area contributed by atoms with Gasteiger partial charge in [0.05, 0.1) is 24.9 Å². The number of carbonyl (C=O) groups is 1. The fourth-order valence-electron chi connectivity index (χ4n) is 1.10. The molecule has 0 aromatic carbocycles. The van der Waals surface area contributed by atoms with Crippen molar-refractivity contribution in [3.63, 3.8) is 0 Å². The molecule has 0 aliphatic rings. The number of rotatable bonds is 4. The van der Waals surface area contributed by atoms with Crippen LogP contribution in [0.1, 0.15) is 11.4 Å². The van der Waals surface area contributed by atoms with Gasteiger partial charge in [-0.3, -0.25) is 4.79 Å². The van der Waals surface area contributed by atoms with Gasteiger partial charge in [-0.1, -0.05) is 0 Å². The van der Waals surface area contributed by atoms with E-state index in [2.05, 4.69) is 46.6 Å². The molecule has 2 rings (SSSR count). The summed E-state index contributed by atoms with van der Waals surface area (Å²) in [6, 6.07) is 0. The fourth-order valence-corrected chi connectivity index (χ4v) is 3.22. The summed E-state index contributed by atoms with van der Waals surface area (Å²) in [4.78, 5) is 18.8. The normalized spacial score (nSPS) is 9.80. The third-order valence-electron chi connectivity index (χ3n) is 1.97. The molecule has 0 bridgehead atoms. The van der Waals surface area contributed by atoms with E-state index in [9.17, 15) is 4.79 Å². The molecule has 2 aromatic heterocycles. The van der Waals surface area contributed by atoms with Crippen molar-refractivity contribution in [3.05, 3.63) is 30.0 Å². The van der Waals surface area contributed by atoms with E-state index >= 15 is 0 Å². The smallest absolute Gasteiger partial charge is 0.311 e. The van der Waals surface area contributed by atoms with Gasteiger partial charge in [0, 0.05) is 23.8 Å². The lowest BCUT2D eigenvalue weighted by atomic mass is 10.3. The number of ether oxygens (including phenoxy) is 1. The predicted octanol–water partition coefficient (Wildman–Crippen LogP) is 3.06. The Bertz CT molecular complexity index is 545. The van der Waals surface area contributed by atoms with Crippen LogP contribution in [-0.2, 0) is 22.4 Å². The molecule has 0 atom stereocenters. The van der Waals surface area contributed by atoms with Gasteiger partial charge in [0.1, 0.15) is 0 Å². The molecule has 5 nitrogen and oxygen atoms in total. The van der Waals surface area contributed by atoms with E-state index in [0.29, 0.717) is 6.42 Å². The van der Waals surface area contributed by atoms with Gasteiger partial charge in [0.15, 0.2) is 7.83 Å². The third kappa shape index (κ3) is 6.89. The van der Waals surface area contributed by atoms with Crippen LogP contribution in [0.15, 0.2) is 18.6 Å². The summed E-state index contributed by atoms with van der Waals surface area (Å²) in [5.41, 5.74) is 1.70. The molecule has 1 N–H and O–H groups in total. The van der Waals surface area contributed by atoms with E-state index in [4.69, 9.17) is 5.11 Å². The number of aliphatic hydroxyl groups excluding tert-OH is 1. The molecule has 110 valence electrons. The van der Waals surface area contributed by atoms with E-state index in [-0.39, 0.29) is 19.0 Å². The SMILES string of the molecule is COC(=O)Cc1csc(Br)n1.OCCc1csc(Br)n1. The number of nitrogens with zero attached hydrogens (tertiary/aromatic N) is 2. The first kappa shape index (κ1) is 17.7. The highest BCUT2D eigenvalue weighted by atomic mass is 79.9. The minimum absolute atomic E-state index is 0.177. The lowest BCUT2D eigenvalue weighted by molar-refractivity contribution is -0.139. The Morgan fingerprint density at radius 2 is 1.80 bits per heavy atom. The van der Waals surface area contributed by atoms with Crippen molar-refractivity contribution < 1.29 is 14.6 Å². The molecular weight excluding hydrogens is 432 g/mol. The van der Waals surface area contributed by atoms with Crippen LogP contribution in [0.2, 0.25) is 0 Å². The van der Waals surface area contributed by atoms with E-state index in [1.165, 1.54) is 29.8 Å². The zero-order valence-electron chi connectivity index (χ0n) is 10.5. The molecule has 9 heteroatoms. The Morgan fingerprint density at radius 1 is 1.25 bits per heavy atom. The van der Waals surface area contributed by atoms with Gasteiger partial charge in [-0.05, 0) is 31.9 Å².